The second-order valence-electron chi connectivity index (χ2n) is 6.78. The Hall–Kier alpha value is -2.49. The first-order valence-electron chi connectivity index (χ1n) is 9.10. The van der Waals surface area contributed by atoms with E-state index in [0.717, 1.165) is 42.4 Å². The Balaban J connectivity index is 1.87. The smallest absolute Gasteiger partial charge is 0.269 e. The Morgan fingerprint density at radius 2 is 1.68 bits per heavy atom. The quantitative estimate of drug-likeness (QED) is 0.534. The number of aliphatic hydroxyl groups is 1. The molecule has 0 aliphatic carbocycles. The van der Waals surface area contributed by atoms with Crippen molar-refractivity contribution in [2.24, 2.45) is 0 Å². The van der Waals surface area contributed by atoms with Crippen molar-refractivity contribution in [1.29, 1.82) is 0 Å². The van der Waals surface area contributed by atoms with Crippen LogP contribution in [0.3, 0.4) is 0 Å². The van der Waals surface area contributed by atoms with Crippen LogP contribution in [0.4, 0.5) is 11.4 Å². The zero-order valence-electron chi connectivity index (χ0n) is 15.3. The number of hydrogen-bond donors (Lipinski definition) is 1. The van der Waals surface area contributed by atoms with Gasteiger partial charge in [-0.2, -0.15) is 0 Å². The maximum absolute atomic E-state index is 13.2. The lowest BCUT2D eigenvalue weighted by atomic mass is 10.3. The number of aliphatic hydroxyl groups excluding tert-OH is 1. The summed E-state index contributed by atoms with van der Waals surface area (Å²) in [5.74, 6) is 0. The molecule has 1 atom stereocenters. The van der Waals surface area contributed by atoms with Crippen LogP contribution < -0.4 is 4.31 Å². The van der Waals surface area contributed by atoms with Gasteiger partial charge in [0.05, 0.1) is 28.2 Å². The molecule has 2 aromatic carbocycles. The highest BCUT2D eigenvalue weighted by Gasteiger charge is 2.28. The summed E-state index contributed by atoms with van der Waals surface area (Å²) in [6.45, 7) is 2.11. The summed E-state index contributed by atoms with van der Waals surface area (Å²) in [6.07, 6.45) is 1.30. The number of nitro benzene ring substituents is 1. The lowest BCUT2D eigenvalue weighted by Crippen LogP contribution is -2.42. The number of β-amino-alcohol motifs (C(OH)–C–C–N with tert-alkyl or cyclic N) is 1. The van der Waals surface area contributed by atoms with Gasteiger partial charge < -0.3 is 10.0 Å². The van der Waals surface area contributed by atoms with Crippen molar-refractivity contribution in [3.8, 4) is 0 Å². The zero-order chi connectivity index (χ0) is 20.1. The van der Waals surface area contributed by atoms with E-state index in [0.29, 0.717) is 12.2 Å². The molecule has 1 saturated heterocycles. The van der Waals surface area contributed by atoms with Gasteiger partial charge in [0.2, 0.25) is 0 Å². The maximum Gasteiger partial charge on any atom is 0.269 e. The van der Waals surface area contributed by atoms with Crippen LogP contribution in [0.25, 0.3) is 0 Å². The average Bonchev–Trinajstić information content (AvgIpc) is 3.19. The Labute approximate surface area is 164 Å². The van der Waals surface area contributed by atoms with Crippen LogP contribution >= 0.6 is 0 Å². The third-order valence-corrected chi connectivity index (χ3v) is 6.53. The van der Waals surface area contributed by atoms with Crippen LogP contribution in [0.5, 0.6) is 0 Å². The number of rotatable bonds is 8. The van der Waals surface area contributed by atoms with E-state index in [4.69, 9.17) is 0 Å². The molecule has 0 radical (unpaired) electrons. The fraction of sp³-hybridized carbons (Fsp3) is 0.368. The zero-order valence-corrected chi connectivity index (χ0v) is 16.2. The molecule has 150 valence electrons. The summed E-state index contributed by atoms with van der Waals surface area (Å²) in [5, 5.41) is 21.4. The number of nitro groups is 1. The first kappa shape index (κ1) is 20.2. The van der Waals surface area contributed by atoms with Gasteiger partial charge in [0, 0.05) is 18.7 Å². The molecule has 3 rings (SSSR count). The first-order chi connectivity index (χ1) is 13.4. The number of sulfonamides is 1. The largest absolute Gasteiger partial charge is 0.390 e. The van der Waals surface area contributed by atoms with Crippen molar-refractivity contribution in [3.63, 3.8) is 0 Å². The van der Waals surface area contributed by atoms with Gasteiger partial charge in [0.1, 0.15) is 0 Å². The van der Waals surface area contributed by atoms with Gasteiger partial charge in [-0.3, -0.25) is 14.4 Å². The van der Waals surface area contributed by atoms with Gasteiger partial charge in [-0.05, 0) is 50.2 Å². The molecule has 0 aromatic heterocycles. The first-order valence-corrected chi connectivity index (χ1v) is 10.5. The number of benzene rings is 2. The number of non-ortho nitro benzene ring substituents is 1. The summed E-state index contributed by atoms with van der Waals surface area (Å²) in [7, 11) is -3.99. The lowest BCUT2D eigenvalue weighted by molar-refractivity contribution is -0.384. The van der Waals surface area contributed by atoms with Crippen molar-refractivity contribution in [1.82, 2.24) is 4.90 Å². The predicted octanol–water partition coefficient (Wildman–Crippen LogP) is 2.25. The Kier molecular flexibility index (Phi) is 6.28. The summed E-state index contributed by atoms with van der Waals surface area (Å²) in [5.41, 5.74) is 0.251. The molecule has 1 heterocycles. The van der Waals surface area contributed by atoms with Crippen molar-refractivity contribution in [2.45, 2.75) is 23.8 Å². The third-order valence-electron chi connectivity index (χ3n) is 4.72. The summed E-state index contributed by atoms with van der Waals surface area (Å²) < 4.78 is 27.6. The topological polar surface area (TPSA) is 104 Å². The minimum absolute atomic E-state index is 0.0599. The number of hydrogen-bond acceptors (Lipinski definition) is 6. The highest BCUT2D eigenvalue weighted by atomic mass is 32.2. The second kappa shape index (κ2) is 8.68. The normalized spacial score (nSPS) is 16.0. The van der Waals surface area contributed by atoms with Crippen molar-refractivity contribution in [3.05, 3.63) is 64.7 Å². The molecule has 9 heteroatoms. The Morgan fingerprint density at radius 3 is 2.25 bits per heavy atom. The van der Waals surface area contributed by atoms with Gasteiger partial charge in [0.25, 0.3) is 15.7 Å². The predicted molar refractivity (Wildman–Crippen MR) is 106 cm³/mol. The molecular formula is C19H23N3O5S. The lowest BCUT2D eigenvalue weighted by Gasteiger charge is -2.28. The number of para-hydroxylation sites is 1. The monoisotopic (exact) mass is 405 g/mol. The molecule has 0 saturated carbocycles. The Bertz CT molecular complexity index is 897. The van der Waals surface area contributed by atoms with E-state index in [2.05, 4.69) is 4.90 Å². The van der Waals surface area contributed by atoms with Gasteiger partial charge in [-0.1, -0.05) is 18.2 Å². The minimum Gasteiger partial charge on any atom is -0.390 e. The molecule has 1 N–H and O–H groups in total. The molecule has 0 amide bonds. The van der Waals surface area contributed by atoms with Crippen molar-refractivity contribution < 1.29 is 18.4 Å². The van der Waals surface area contributed by atoms with Gasteiger partial charge in [0.15, 0.2) is 0 Å². The van der Waals surface area contributed by atoms with Crippen molar-refractivity contribution in [2.75, 3.05) is 30.5 Å². The molecule has 0 spiro atoms. The Morgan fingerprint density at radius 1 is 1.07 bits per heavy atom. The van der Waals surface area contributed by atoms with Crippen LogP contribution in [0, 0.1) is 10.1 Å². The van der Waals surface area contributed by atoms with E-state index in [-0.39, 0.29) is 17.1 Å². The highest BCUT2D eigenvalue weighted by molar-refractivity contribution is 7.92. The average molecular weight is 405 g/mol. The summed E-state index contributed by atoms with van der Waals surface area (Å²) in [6, 6.07) is 13.3. The van der Waals surface area contributed by atoms with Gasteiger partial charge in [-0.15, -0.1) is 0 Å². The fourth-order valence-electron chi connectivity index (χ4n) is 3.32. The van der Waals surface area contributed by atoms with Gasteiger partial charge >= 0.3 is 0 Å². The summed E-state index contributed by atoms with van der Waals surface area (Å²) in [4.78, 5) is 12.3. The minimum atomic E-state index is -3.99. The van der Waals surface area contributed by atoms with Gasteiger partial charge in [-0.25, -0.2) is 8.42 Å². The second-order valence-corrected chi connectivity index (χ2v) is 8.65. The molecule has 1 aliphatic heterocycles. The van der Waals surface area contributed by atoms with E-state index in [1.54, 1.807) is 30.3 Å². The molecule has 8 nitrogen and oxygen atoms in total. The molecule has 2 aromatic rings. The molecule has 28 heavy (non-hydrogen) atoms. The van der Waals surface area contributed by atoms with Crippen molar-refractivity contribution >= 4 is 21.4 Å². The van der Waals surface area contributed by atoms with Crippen LogP contribution in [0.2, 0.25) is 0 Å². The molecule has 1 fully saturated rings. The fourth-order valence-corrected chi connectivity index (χ4v) is 4.82. The molecule has 1 aliphatic rings. The highest BCUT2D eigenvalue weighted by Crippen LogP contribution is 2.25. The number of likely N-dealkylation sites (tertiary alicyclic amines) is 1. The SMILES string of the molecule is O=[N+]([O-])c1ccc(S(=O)(=O)N(C[C@H](O)CN2CCCC2)c2ccccc2)cc1. The standard InChI is InChI=1S/C19H23N3O5S/c23-18(14-20-12-4-5-13-20)15-21(16-6-2-1-3-7-16)28(26,27)19-10-8-17(9-11-19)22(24)25/h1-3,6-11,18,23H,4-5,12-15H2/t18-/m1/s1. The van der Waals surface area contributed by atoms with Crippen LogP contribution in [0.15, 0.2) is 59.5 Å². The van der Waals surface area contributed by atoms with E-state index in [9.17, 15) is 23.6 Å². The number of anilines is 1. The van der Waals surface area contributed by atoms with E-state index in [1.165, 1.54) is 12.1 Å². The third kappa shape index (κ3) is 4.67. The summed E-state index contributed by atoms with van der Waals surface area (Å²) >= 11 is 0. The maximum atomic E-state index is 13.2. The van der Waals surface area contributed by atoms with E-state index < -0.39 is 21.1 Å². The molecular weight excluding hydrogens is 382 g/mol. The van der Waals surface area contributed by atoms with E-state index >= 15 is 0 Å². The van der Waals surface area contributed by atoms with Crippen LogP contribution in [-0.4, -0.2) is 55.6 Å². The molecule has 0 bridgehead atoms. The molecule has 0 unspecified atom stereocenters. The van der Waals surface area contributed by atoms with Crippen LogP contribution in [0.1, 0.15) is 12.8 Å². The number of nitrogens with zero attached hydrogens (tertiary/aromatic N) is 3. The van der Waals surface area contributed by atoms with Crippen LogP contribution in [-0.2, 0) is 10.0 Å². The van der Waals surface area contributed by atoms with E-state index in [1.807, 2.05) is 0 Å².